The predicted molar refractivity (Wildman–Crippen MR) is 90.7 cm³/mol. The van der Waals surface area contributed by atoms with Gasteiger partial charge in [0.1, 0.15) is 5.75 Å². The Labute approximate surface area is 135 Å². The van der Waals surface area contributed by atoms with Gasteiger partial charge in [0.15, 0.2) is 0 Å². The first-order valence-corrected chi connectivity index (χ1v) is 7.82. The van der Waals surface area contributed by atoms with E-state index >= 15 is 0 Å². The third kappa shape index (κ3) is 4.67. The average molecular weight is 314 g/mol. The molecule has 0 aliphatic rings. The highest BCUT2D eigenvalue weighted by atomic mass is 32.2. The molecule has 2 rings (SSSR count). The van der Waals surface area contributed by atoms with Crippen LogP contribution in [0.5, 0.6) is 5.75 Å². The van der Waals surface area contributed by atoms with Crippen LogP contribution in [0.25, 0.3) is 4.91 Å². The summed E-state index contributed by atoms with van der Waals surface area (Å²) in [5, 5.41) is 0. The number of carbonyl (C=O) groups is 1. The zero-order valence-electron chi connectivity index (χ0n) is 12.6. The van der Waals surface area contributed by atoms with Gasteiger partial charge in [-0.1, -0.05) is 42.5 Å². The van der Waals surface area contributed by atoms with Crippen LogP contribution in [0, 0.1) is 0 Å². The molecule has 0 aliphatic carbocycles. The van der Waals surface area contributed by atoms with Gasteiger partial charge in [-0.05, 0) is 23.3 Å². The molecule has 0 bridgehead atoms. The second kappa shape index (κ2) is 8.29. The van der Waals surface area contributed by atoms with Gasteiger partial charge in [-0.3, -0.25) is 0 Å². The third-order valence-electron chi connectivity index (χ3n) is 3.06. The zero-order valence-corrected chi connectivity index (χ0v) is 13.4. The molecule has 0 radical (unpaired) electrons. The topological polar surface area (TPSA) is 35.5 Å². The molecular weight excluding hydrogens is 296 g/mol. The van der Waals surface area contributed by atoms with E-state index in [9.17, 15) is 4.79 Å². The molecule has 2 aromatic rings. The van der Waals surface area contributed by atoms with Gasteiger partial charge in [0.25, 0.3) is 0 Å². The number of ether oxygens (including phenoxy) is 2. The fourth-order valence-corrected chi connectivity index (χ4v) is 2.86. The van der Waals surface area contributed by atoms with Crippen LogP contribution in [0.2, 0.25) is 0 Å². The normalized spacial score (nSPS) is 11.1. The van der Waals surface area contributed by atoms with Crippen molar-refractivity contribution in [3.8, 4) is 5.75 Å². The minimum absolute atomic E-state index is 0.346. The van der Waals surface area contributed by atoms with Crippen LogP contribution in [0.1, 0.15) is 11.1 Å². The molecule has 0 fully saturated rings. The highest BCUT2D eigenvalue weighted by Crippen LogP contribution is 2.30. The van der Waals surface area contributed by atoms with Gasteiger partial charge in [-0.2, -0.15) is 0 Å². The van der Waals surface area contributed by atoms with Crippen LogP contribution in [0.3, 0.4) is 0 Å². The van der Waals surface area contributed by atoms with E-state index in [1.165, 1.54) is 13.2 Å². The Kier molecular flexibility index (Phi) is 6.10. The Bertz CT molecular complexity index is 633. The van der Waals surface area contributed by atoms with Gasteiger partial charge in [0.05, 0.1) is 14.2 Å². The van der Waals surface area contributed by atoms with Crippen LogP contribution < -0.4 is 4.74 Å². The maximum atomic E-state index is 11.6. The van der Waals surface area contributed by atoms with Gasteiger partial charge in [0.2, 0.25) is 0 Å². The van der Waals surface area contributed by atoms with Crippen molar-refractivity contribution >= 4 is 22.6 Å². The Hall–Kier alpha value is -2.20. The summed E-state index contributed by atoms with van der Waals surface area (Å²) in [7, 11) is 3.03. The van der Waals surface area contributed by atoms with E-state index in [0.29, 0.717) is 0 Å². The number of hydrogen-bond donors (Lipinski definition) is 0. The molecule has 114 valence electrons. The lowest BCUT2D eigenvalue weighted by atomic mass is 10.2. The highest BCUT2D eigenvalue weighted by molar-refractivity contribution is 8.07. The molecule has 0 saturated heterocycles. The second-order valence-corrected chi connectivity index (χ2v) is 5.55. The minimum Gasteiger partial charge on any atom is -0.497 e. The summed E-state index contributed by atoms with van der Waals surface area (Å²) in [6.07, 6.45) is 1.53. The molecule has 0 amide bonds. The number of rotatable bonds is 6. The maximum Gasteiger partial charge on any atom is 0.331 e. The smallest absolute Gasteiger partial charge is 0.331 e. The van der Waals surface area contributed by atoms with E-state index in [1.807, 2.05) is 54.6 Å². The van der Waals surface area contributed by atoms with E-state index in [2.05, 4.69) is 0 Å². The third-order valence-corrected chi connectivity index (χ3v) is 4.20. The maximum absolute atomic E-state index is 11.6. The molecule has 0 aromatic heterocycles. The van der Waals surface area contributed by atoms with E-state index in [0.717, 1.165) is 27.5 Å². The van der Waals surface area contributed by atoms with Crippen molar-refractivity contribution in [1.82, 2.24) is 0 Å². The molecule has 0 unspecified atom stereocenters. The summed E-state index contributed by atoms with van der Waals surface area (Å²) in [6.45, 7) is 0. The van der Waals surface area contributed by atoms with E-state index in [-0.39, 0.29) is 5.97 Å². The number of esters is 1. The monoisotopic (exact) mass is 314 g/mol. The summed E-state index contributed by atoms with van der Waals surface area (Å²) in [5.74, 6) is 1.25. The Morgan fingerprint density at radius 2 is 1.73 bits per heavy atom. The van der Waals surface area contributed by atoms with E-state index < -0.39 is 0 Å². The molecule has 4 heteroatoms. The first-order chi connectivity index (χ1) is 10.7. The summed E-state index contributed by atoms with van der Waals surface area (Å²) in [4.78, 5) is 12.5. The molecule has 0 saturated carbocycles. The first kappa shape index (κ1) is 16.2. The summed E-state index contributed by atoms with van der Waals surface area (Å²) in [5.41, 5.74) is 2.17. The SMILES string of the molecule is COC(=O)C=C(SCc1ccc(OC)cc1)c1ccccc1. The number of hydrogen-bond acceptors (Lipinski definition) is 4. The molecule has 0 atom stereocenters. The molecule has 0 heterocycles. The van der Waals surface area contributed by atoms with Crippen LogP contribution in [-0.4, -0.2) is 20.2 Å². The molecule has 0 N–H and O–H groups in total. The van der Waals surface area contributed by atoms with Gasteiger partial charge in [-0.25, -0.2) is 4.79 Å². The second-order valence-electron chi connectivity index (χ2n) is 4.53. The number of benzene rings is 2. The lowest BCUT2D eigenvalue weighted by Crippen LogP contribution is -1.96. The lowest BCUT2D eigenvalue weighted by Gasteiger charge is -2.08. The molecule has 2 aromatic carbocycles. The van der Waals surface area contributed by atoms with Crippen molar-refractivity contribution in [2.45, 2.75) is 5.75 Å². The van der Waals surface area contributed by atoms with Crippen molar-refractivity contribution in [1.29, 1.82) is 0 Å². The van der Waals surface area contributed by atoms with Crippen LogP contribution >= 0.6 is 11.8 Å². The fourth-order valence-electron chi connectivity index (χ4n) is 1.86. The van der Waals surface area contributed by atoms with Crippen molar-refractivity contribution < 1.29 is 14.3 Å². The zero-order chi connectivity index (χ0) is 15.8. The standard InChI is InChI=1S/C18H18O3S/c1-20-16-10-8-14(9-11-16)13-22-17(12-18(19)21-2)15-6-4-3-5-7-15/h3-12H,13H2,1-2H3. The van der Waals surface area contributed by atoms with Crippen LogP contribution in [0.15, 0.2) is 60.7 Å². The largest absolute Gasteiger partial charge is 0.497 e. The average Bonchev–Trinajstić information content (AvgIpc) is 2.59. The Balaban J connectivity index is 2.12. The number of thioether (sulfide) groups is 1. The van der Waals surface area contributed by atoms with Crippen molar-refractivity contribution in [3.05, 3.63) is 71.8 Å². The summed E-state index contributed by atoms with van der Waals surface area (Å²) >= 11 is 1.60. The highest BCUT2D eigenvalue weighted by Gasteiger charge is 2.06. The van der Waals surface area contributed by atoms with Gasteiger partial charge in [0, 0.05) is 16.7 Å². The van der Waals surface area contributed by atoms with E-state index in [1.54, 1.807) is 18.9 Å². The number of carbonyl (C=O) groups excluding carboxylic acids is 1. The predicted octanol–water partition coefficient (Wildman–Crippen LogP) is 4.14. The van der Waals surface area contributed by atoms with Crippen molar-refractivity contribution in [3.63, 3.8) is 0 Å². The molecule has 22 heavy (non-hydrogen) atoms. The summed E-state index contributed by atoms with van der Waals surface area (Å²) < 4.78 is 9.89. The lowest BCUT2D eigenvalue weighted by molar-refractivity contribution is -0.134. The first-order valence-electron chi connectivity index (χ1n) is 6.83. The fraction of sp³-hybridized carbons (Fsp3) is 0.167. The minimum atomic E-state index is -0.346. The van der Waals surface area contributed by atoms with Crippen molar-refractivity contribution in [2.75, 3.05) is 14.2 Å². The molecular formula is C18H18O3S. The van der Waals surface area contributed by atoms with Gasteiger partial charge >= 0.3 is 5.97 Å². The quantitative estimate of drug-likeness (QED) is 0.593. The van der Waals surface area contributed by atoms with Crippen LogP contribution in [-0.2, 0) is 15.3 Å². The number of methoxy groups -OCH3 is 2. The molecule has 0 spiro atoms. The Morgan fingerprint density at radius 3 is 2.32 bits per heavy atom. The molecule has 0 aliphatic heterocycles. The summed E-state index contributed by atoms with van der Waals surface area (Å²) in [6, 6.07) is 17.7. The molecule has 3 nitrogen and oxygen atoms in total. The van der Waals surface area contributed by atoms with Gasteiger partial charge in [-0.15, -0.1) is 11.8 Å². The van der Waals surface area contributed by atoms with Gasteiger partial charge < -0.3 is 9.47 Å². The van der Waals surface area contributed by atoms with E-state index in [4.69, 9.17) is 9.47 Å². The van der Waals surface area contributed by atoms with Crippen LogP contribution in [0.4, 0.5) is 0 Å². The van der Waals surface area contributed by atoms with Crippen molar-refractivity contribution in [2.24, 2.45) is 0 Å². The Morgan fingerprint density at radius 1 is 1.05 bits per heavy atom.